The minimum atomic E-state index is -3.49. The topological polar surface area (TPSA) is 71.1 Å². The van der Waals surface area contributed by atoms with Gasteiger partial charge in [0, 0.05) is 31.2 Å². The number of nitrogens with one attached hydrogen (secondary N) is 2. The molecule has 0 saturated heterocycles. The van der Waals surface area contributed by atoms with E-state index in [-0.39, 0.29) is 6.54 Å². The molecule has 6 heteroatoms. The lowest BCUT2D eigenvalue weighted by molar-refractivity contribution is 0.581. The van der Waals surface area contributed by atoms with Gasteiger partial charge in [-0.1, -0.05) is 6.07 Å². The Kier molecular flexibility index (Phi) is 3.42. The molecule has 0 fully saturated rings. The van der Waals surface area contributed by atoms with Crippen LogP contribution in [0.2, 0.25) is 0 Å². The molecule has 1 aromatic heterocycles. The maximum Gasteiger partial charge on any atom is 0.240 e. The zero-order chi connectivity index (χ0) is 14.0. The summed E-state index contributed by atoms with van der Waals surface area (Å²) < 4.78 is 27.1. The number of sulfonamides is 1. The van der Waals surface area contributed by atoms with Crippen molar-refractivity contribution in [3.63, 3.8) is 0 Å². The molecule has 3 rings (SSSR count). The first-order valence-corrected chi connectivity index (χ1v) is 7.89. The zero-order valence-corrected chi connectivity index (χ0v) is 11.7. The lowest BCUT2D eigenvalue weighted by atomic mass is 10.2. The van der Waals surface area contributed by atoms with Gasteiger partial charge >= 0.3 is 0 Å². The first-order chi connectivity index (χ1) is 9.65. The largest absolute Gasteiger partial charge is 0.384 e. The maximum atomic E-state index is 12.3. The van der Waals surface area contributed by atoms with Gasteiger partial charge in [-0.25, -0.2) is 13.1 Å². The van der Waals surface area contributed by atoms with E-state index in [0.717, 1.165) is 29.8 Å². The minimum Gasteiger partial charge on any atom is -0.384 e. The van der Waals surface area contributed by atoms with Gasteiger partial charge in [0.05, 0.1) is 4.90 Å². The number of fused-ring (bicyclic) bond motifs is 1. The highest BCUT2D eigenvalue weighted by Crippen LogP contribution is 2.25. The molecule has 0 radical (unpaired) electrons. The lowest BCUT2D eigenvalue weighted by Crippen LogP contribution is -2.23. The fourth-order valence-electron chi connectivity index (χ4n) is 2.20. The van der Waals surface area contributed by atoms with Crippen LogP contribution in [0, 0.1) is 0 Å². The third-order valence-corrected chi connectivity index (χ3v) is 4.72. The van der Waals surface area contributed by atoms with E-state index in [1.165, 1.54) is 0 Å². The molecule has 20 heavy (non-hydrogen) atoms. The molecule has 0 atom stereocenters. The number of rotatable bonds is 4. The molecule has 1 aromatic carbocycles. The van der Waals surface area contributed by atoms with Crippen LogP contribution in [-0.2, 0) is 23.0 Å². The van der Waals surface area contributed by atoms with E-state index in [1.807, 2.05) is 6.07 Å². The van der Waals surface area contributed by atoms with Crippen LogP contribution in [0.1, 0.15) is 11.1 Å². The molecule has 0 unspecified atom stereocenters. The van der Waals surface area contributed by atoms with Crippen molar-refractivity contribution in [2.45, 2.75) is 17.9 Å². The standard InChI is InChI=1S/C14H15N3O2S/c18-20(19,17-10-11-3-6-15-7-4-11)13-2-1-12-5-8-16-14(12)9-13/h1-4,6-7,9,16-17H,5,8,10H2. The predicted octanol–water partition coefficient (Wildman–Crippen LogP) is 1.53. The van der Waals surface area contributed by atoms with E-state index in [1.54, 1.807) is 36.7 Å². The average molecular weight is 289 g/mol. The van der Waals surface area contributed by atoms with E-state index in [0.29, 0.717) is 4.90 Å². The van der Waals surface area contributed by atoms with E-state index >= 15 is 0 Å². The maximum absolute atomic E-state index is 12.3. The van der Waals surface area contributed by atoms with Gasteiger partial charge in [-0.15, -0.1) is 0 Å². The first-order valence-electron chi connectivity index (χ1n) is 6.40. The molecule has 0 spiro atoms. The van der Waals surface area contributed by atoms with Crippen molar-refractivity contribution < 1.29 is 8.42 Å². The number of hydrogen-bond donors (Lipinski definition) is 2. The van der Waals surface area contributed by atoms with Crippen molar-refractivity contribution in [3.8, 4) is 0 Å². The van der Waals surface area contributed by atoms with Gasteiger partial charge in [0.2, 0.25) is 10.0 Å². The van der Waals surface area contributed by atoms with Crippen molar-refractivity contribution >= 4 is 15.7 Å². The molecule has 2 N–H and O–H groups in total. The smallest absolute Gasteiger partial charge is 0.240 e. The van der Waals surface area contributed by atoms with Gasteiger partial charge in [0.1, 0.15) is 0 Å². The molecule has 0 amide bonds. The Hall–Kier alpha value is -1.92. The summed E-state index contributed by atoms with van der Waals surface area (Å²) in [5, 5.41) is 3.19. The molecule has 1 aliphatic rings. The Morgan fingerprint density at radius 1 is 1.20 bits per heavy atom. The second-order valence-electron chi connectivity index (χ2n) is 4.68. The van der Waals surface area contributed by atoms with Gasteiger partial charge < -0.3 is 5.32 Å². The number of pyridine rings is 1. The van der Waals surface area contributed by atoms with Crippen LogP contribution in [0.3, 0.4) is 0 Å². The summed E-state index contributed by atoms with van der Waals surface area (Å²) in [6.07, 6.45) is 4.23. The second kappa shape index (κ2) is 5.22. The molecular weight excluding hydrogens is 274 g/mol. The highest BCUT2D eigenvalue weighted by Gasteiger charge is 2.17. The highest BCUT2D eigenvalue weighted by atomic mass is 32.2. The van der Waals surface area contributed by atoms with Gasteiger partial charge in [0.15, 0.2) is 0 Å². The summed E-state index contributed by atoms with van der Waals surface area (Å²) in [6, 6.07) is 8.79. The van der Waals surface area contributed by atoms with Gasteiger partial charge in [-0.2, -0.15) is 0 Å². The van der Waals surface area contributed by atoms with Gasteiger partial charge in [-0.05, 0) is 41.8 Å². The van der Waals surface area contributed by atoms with Crippen molar-refractivity contribution in [3.05, 3.63) is 53.9 Å². The summed E-state index contributed by atoms with van der Waals surface area (Å²) in [5.41, 5.74) is 2.96. The van der Waals surface area contributed by atoms with Crippen molar-refractivity contribution in [2.24, 2.45) is 0 Å². The Morgan fingerprint density at radius 3 is 2.80 bits per heavy atom. The Balaban J connectivity index is 1.78. The molecule has 104 valence electrons. The highest BCUT2D eigenvalue weighted by molar-refractivity contribution is 7.89. The lowest BCUT2D eigenvalue weighted by Gasteiger charge is -2.08. The summed E-state index contributed by atoms with van der Waals surface area (Å²) in [6.45, 7) is 1.12. The SMILES string of the molecule is O=S(=O)(NCc1ccncc1)c1ccc2c(c1)NCC2. The van der Waals surface area contributed by atoms with Crippen LogP contribution in [0.15, 0.2) is 47.6 Å². The van der Waals surface area contributed by atoms with Crippen LogP contribution < -0.4 is 10.0 Å². The summed E-state index contributed by atoms with van der Waals surface area (Å²) in [7, 11) is -3.49. The van der Waals surface area contributed by atoms with Crippen LogP contribution in [-0.4, -0.2) is 19.9 Å². The van der Waals surface area contributed by atoms with E-state index in [2.05, 4.69) is 15.0 Å². The number of hydrogen-bond acceptors (Lipinski definition) is 4. The summed E-state index contributed by atoms with van der Waals surface area (Å²) in [5.74, 6) is 0. The fourth-order valence-corrected chi connectivity index (χ4v) is 3.24. The van der Waals surface area contributed by atoms with E-state index in [9.17, 15) is 8.42 Å². The van der Waals surface area contributed by atoms with Gasteiger partial charge in [-0.3, -0.25) is 4.98 Å². The van der Waals surface area contributed by atoms with Crippen LogP contribution in [0.4, 0.5) is 5.69 Å². The molecule has 0 aliphatic carbocycles. The number of anilines is 1. The van der Waals surface area contributed by atoms with Gasteiger partial charge in [0.25, 0.3) is 0 Å². The third kappa shape index (κ3) is 2.66. The summed E-state index contributed by atoms with van der Waals surface area (Å²) in [4.78, 5) is 4.19. The first kappa shape index (κ1) is 13.1. The fraction of sp³-hybridized carbons (Fsp3) is 0.214. The third-order valence-electron chi connectivity index (χ3n) is 3.32. The van der Waals surface area contributed by atoms with Crippen molar-refractivity contribution in [1.82, 2.24) is 9.71 Å². The summed E-state index contributed by atoms with van der Waals surface area (Å²) >= 11 is 0. The Bertz CT molecular complexity index is 714. The minimum absolute atomic E-state index is 0.259. The van der Waals surface area contributed by atoms with Crippen LogP contribution >= 0.6 is 0 Å². The molecule has 0 bridgehead atoms. The van der Waals surface area contributed by atoms with Crippen molar-refractivity contribution in [2.75, 3.05) is 11.9 Å². The molecule has 5 nitrogen and oxygen atoms in total. The van der Waals surface area contributed by atoms with Crippen molar-refractivity contribution in [1.29, 1.82) is 0 Å². The normalized spacial score (nSPS) is 13.8. The molecule has 2 aromatic rings. The van der Waals surface area contributed by atoms with Crippen LogP contribution in [0.25, 0.3) is 0 Å². The van der Waals surface area contributed by atoms with E-state index in [4.69, 9.17) is 0 Å². The number of benzene rings is 1. The molecule has 2 heterocycles. The number of nitrogens with zero attached hydrogens (tertiary/aromatic N) is 1. The zero-order valence-electron chi connectivity index (χ0n) is 10.8. The predicted molar refractivity (Wildman–Crippen MR) is 76.9 cm³/mol. The van der Waals surface area contributed by atoms with E-state index < -0.39 is 10.0 Å². The number of aromatic nitrogens is 1. The quantitative estimate of drug-likeness (QED) is 0.895. The monoisotopic (exact) mass is 289 g/mol. The molecular formula is C14H15N3O2S. The Morgan fingerprint density at radius 2 is 2.00 bits per heavy atom. The second-order valence-corrected chi connectivity index (χ2v) is 6.44. The van der Waals surface area contributed by atoms with Crippen LogP contribution in [0.5, 0.6) is 0 Å². The Labute approximate surface area is 118 Å². The average Bonchev–Trinajstić information content (AvgIpc) is 2.94. The molecule has 0 saturated carbocycles. The molecule has 1 aliphatic heterocycles.